The van der Waals surface area contributed by atoms with Gasteiger partial charge in [-0.25, -0.2) is 0 Å². The van der Waals surface area contributed by atoms with Crippen LogP contribution in [0.15, 0.2) is 18.2 Å². The number of nitrogens with one attached hydrogen (secondary N) is 1. The summed E-state index contributed by atoms with van der Waals surface area (Å²) in [5, 5.41) is 2.84. The van der Waals surface area contributed by atoms with Crippen LogP contribution in [-0.4, -0.2) is 18.9 Å². The van der Waals surface area contributed by atoms with Crippen LogP contribution in [0.4, 0.5) is 4.79 Å². The molecule has 15 heavy (non-hydrogen) atoms. The first-order valence-corrected chi connectivity index (χ1v) is 5.25. The van der Waals surface area contributed by atoms with Crippen LogP contribution in [0.25, 0.3) is 0 Å². The molecule has 0 heterocycles. The van der Waals surface area contributed by atoms with Crippen LogP contribution in [0.2, 0.25) is 5.02 Å². The smallest absolute Gasteiger partial charge is 0.275 e. The summed E-state index contributed by atoms with van der Waals surface area (Å²) in [5.41, 5.74) is 1.04. The lowest BCUT2D eigenvalue weighted by Gasteiger charge is -2.06. The van der Waals surface area contributed by atoms with E-state index in [1.165, 1.54) is 0 Å². The van der Waals surface area contributed by atoms with Crippen molar-refractivity contribution < 1.29 is 9.53 Å². The number of thiol groups is 1. The molecule has 0 fully saturated rings. The van der Waals surface area contributed by atoms with Crippen LogP contribution in [0.3, 0.4) is 0 Å². The summed E-state index contributed by atoms with van der Waals surface area (Å²) >= 11 is 9.54. The largest absolute Gasteiger partial charge is 0.495 e. The van der Waals surface area contributed by atoms with Gasteiger partial charge in [0.2, 0.25) is 0 Å². The molecule has 1 rings (SSSR count). The van der Waals surface area contributed by atoms with E-state index in [1.807, 2.05) is 12.1 Å². The van der Waals surface area contributed by atoms with E-state index in [0.29, 0.717) is 17.3 Å². The predicted molar refractivity (Wildman–Crippen MR) is 64.1 cm³/mol. The van der Waals surface area contributed by atoms with Gasteiger partial charge in [-0.2, -0.15) is 0 Å². The van der Waals surface area contributed by atoms with Crippen LogP contribution < -0.4 is 10.1 Å². The Morgan fingerprint density at radius 1 is 1.60 bits per heavy atom. The number of methoxy groups -OCH3 is 1. The number of hydrogen-bond acceptors (Lipinski definition) is 2. The third-order valence-corrected chi connectivity index (χ3v) is 2.36. The maximum absolute atomic E-state index is 10.5. The first-order valence-electron chi connectivity index (χ1n) is 4.42. The van der Waals surface area contributed by atoms with Crippen LogP contribution in [0.1, 0.15) is 5.56 Å². The zero-order valence-corrected chi connectivity index (χ0v) is 9.94. The van der Waals surface area contributed by atoms with Gasteiger partial charge in [-0.05, 0) is 24.1 Å². The van der Waals surface area contributed by atoms with Crippen LogP contribution in [0, 0.1) is 0 Å². The molecule has 5 heteroatoms. The molecule has 3 nitrogen and oxygen atoms in total. The van der Waals surface area contributed by atoms with Gasteiger partial charge in [0.05, 0.1) is 12.1 Å². The van der Waals surface area contributed by atoms with E-state index in [0.717, 1.165) is 12.0 Å². The number of rotatable bonds is 4. The van der Waals surface area contributed by atoms with Gasteiger partial charge < -0.3 is 10.1 Å². The van der Waals surface area contributed by atoms with Crippen molar-refractivity contribution in [2.24, 2.45) is 0 Å². The Morgan fingerprint density at radius 3 is 2.87 bits per heavy atom. The van der Waals surface area contributed by atoms with Crippen molar-refractivity contribution in [3.63, 3.8) is 0 Å². The molecule has 0 spiro atoms. The van der Waals surface area contributed by atoms with Crippen molar-refractivity contribution in [1.29, 1.82) is 0 Å². The second-order valence-corrected chi connectivity index (χ2v) is 3.76. The second-order valence-electron chi connectivity index (χ2n) is 2.95. The molecule has 0 aliphatic heterocycles. The number of carbonyl (C=O) groups excluding carboxylic acids is 1. The Balaban J connectivity index is 2.55. The molecular formula is C10H12ClNO2S. The molecule has 1 aromatic rings. The standard InChI is InChI=1S/C10H12ClNO2S/c1-14-9-3-2-7(6-8(9)11)4-5-12-10(13)15/h2-3,6H,4-5H2,1H3,(H2,12,13,15). The summed E-state index contributed by atoms with van der Waals surface area (Å²) in [6, 6.07) is 5.54. The van der Waals surface area contributed by atoms with Crippen LogP contribution in [0.5, 0.6) is 5.75 Å². The molecule has 0 atom stereocenters. The van der Waals surface area contributed by atoms with Crippen molar-refractivity contribution in [2.75, 3.05) is 13.7 Å². The minimum absolute atomic E-state index is 0.324. The highest BCUT2D eigenvalue weighted by Gasteiger charge is 2.01. The lowest BCUT2D eigenvalue weighted by Crippen LogP contribution is -2.19. The molecule has 0 aliphatic rings. The third kappa shape index (κ3) is 4.01. The quantitative estimate of drug-likeness (QED) is 0.800. The Kier molecular flexibility index (Phi) is 4.78. The highest BCUT2D eigenvalue weighted by atomic mass is 35.5. The number of benzene rings is 1. The SMILES string of the molecule is COc1ccc(CCNC(=O)S)cc1Cl. The maximum atomic E-state index is 10.5. The van der Waals surface area contributed by atoms with Crippen molar-refractivity contribution in [2.45, 2.75) is 6.42 Å². The normalized spacial score (nSPS) is 9.80. The van der Waals surface area contributed by atoms with Crippen LogP contribution in [-0.2, 0) is 6.42 Å². The molecule has 82 valence electrons. The van der Waals surface area contributed by atoms with Crippen molar-refractivity contribution >= 4 is 29.5 Å². The number of ether oxygens (including phenoxy) is 1. The molecule has 1 aromatic carbocycles. The lowest BCUT2D eigenvalue weighted by molar-refractivity contribution is 0.261. The lowest BCUT2D eigenvalue weighted by atomic mass is 10.1. The van der Waals surface area contributed by atoms with Crippen LogP contribution >= 0.6 is 24.2 Å². The summed E-state index contributed by atoms with van der Waals surface area (Å²) in [5.74, 6) is 0.652. The van der Waals surface area contributed by atoms with Gasteiger partial charge in [-0.3, -0.25) is 4.79 Å². The Hall–Kier alpha value is -0.870. The minimum atomic E-state index is -0.324. The maximum Gasteiger partial charge on any atom is 0.275 e. The fraction of sp³-hybridized carbons (Fsp3) is 0.300. The van der Waals surface area contributed by atoms with E-state index >= 15 is 0 Å². The van der Waals surface area contributed by atoms with Gasteiger partial charge in [0, 0.05) is 6.54 Å². The second kappa shape index (κ2) is 5.88. The van der Waals surface area contributed by atoms with Crippen molar-refractivity contribution in [3.05, 3.63) is 28.8 Å². The molecule has 1 amide bonds. The fourth-order valence-electron chi connectivity index (χ4n) is 1.18. The van der Waals surface area contributed by atoms with E-state index in [1.54, 1.807) is 13.2 Å². The van der Waals surface area contributed by atoms with E-state index in [9.17, 15) is 4.79 Å². The highest BCUT2D eigenvalue weighted by Crippen LogP contribution is 2.24. The monoisotopic (exact) mass is 245 g/mol. The molecule has 0 saturated carbocycles. The molecule has 1 N–H and O–H groups in total. The molecular weight excluding hydrogens is 234 g/mol. The minimum Gasteiger partial charge on any atom is -0.495 e. The van der Waals surface area contributed by atoms with Gasteiger partial charge in [0.15, 0.2) is 0 Å². The molecule has 0 radical (unpaired) electrons. The summed E-state index contributed by atoms with van der Waals surface area (Å²) < 4.78 is 5.03. The van der Waals surface area contributed by atoms with Gasteiger partial charge in [-0.15, -0.1) is 0 Å². The first-order chi connectivity index (χ1) is 7.13. The Morgan fingerprint density at radius 2 is 2.33 bits per heavy atom. The van der Waals surface area contributed by atoms with E-state index in [-0.39, 0.29) is 5.24 Å². The topological polar surface area (TPSA) is 38.3 Å². The van der Waals surface area contributed by atoms with E-state index in [4.69, 9.17) is 16.3 Å². The highest BCUT2D eigenvalue weighted by molar-refractivity contribution is 7.96. The number of halogens is 1. The summed E-state index contributed by atoms with van der Waals surface area (Å²) in [6.07, 6.45) is 0.718. The van der Waals surface area contributed by atoms with Gasteiger partial charge >= 0.3 is 0 Å². The average molecular weight is 246 g/mol. The predicted octanol–water partition coefficient (Wildman–Crippen LogP) is 2.53. The fourth-order valence-corrected chi connectivity index (χ4v) is 1.57. The third-order valence-electron chi connectivity index (χ3n) is 1.91. The zero-order valence-electron chi connectivity index (χ0n) is 8.29. The van der Waals surface area contributed by atoms with Gasteiger partial charge in [0.1, 0.15) is 5.75 Å². The van der Waals surface area contributed by atoms with Crippen molar-refractivity contribution in [3.8, 4) is 5.75 Å². The Bertz CT molecular complexity index is 357. The van der Waals surface area contributed by atoms with Gasteiger partial charge in [-0.1, -0.05) is 30.3 Å². The number of amides is 1. The zero-order chi connectivity index (χ0) is 11.3. The first kappa shape index (κ1) is 12.2. The van der Waals surface area contributed by atoms with E-state index < -0.39 is 0 Å². The molecule has 0 aliphatic carbocycles. The Labute approximate surface area is 99.2 Å². The number of hydrogen-bond donors (Lipinski definition) is 2. The summed E-state index contributed by atoms with van der Waals surface area (Å²) in [7, 11) is 1.57. The van der Waals surface area contributed by atoms with Crippen molar-refractivity contribution in [1.82, 2.24) is 5.32 Å². The van der Waals surface area contributed by atoms with E-state index in [2.05, 4.69) is 17.9 Å². The molecule has 0 bridgehead atoms. The molecule has 0 saturated heterocycles. The summed E-state index contributed by atoms with van der Waals surface area (Å²) in [4.78, 5) is 10.5. The molecule has 0 aromatic heterocycles. The number of carbonyl (C=O) groups is 1. The average Bonchev–Trinajstić information content (AvgIpc) is 2.17. The summed E-state index contributed by atoms with van der Waals surface area (Å²) in [6.45, 7) is 0.547. The van der Waals surface area contributed by atoms with Gasteiger partial charge in [0.25, 0.3) is 5.24 Å². The molecule has 0 unspecified atom stereocenters.